The molecule has 0 spiro atoms. The molecular formula is C23H23N5O2. The normalized spacial score (nSPS) is 11.0. The van der Waals surface area contributed by atoms with E-state index in [1.54, 1.807) is 19.4 Å². The number of hydrogen-bond donors (Lipinski definition) is 3. The van der Waals surface area contributed by atoms with E-state index >= 15 is 0 Å². The maximum Gasteiger partial charge on any atom is 0.253 e. The molecule has 7 nitrogen and oxygen atoms in total. The number of benzene rings is 2. The third-order valence-corrected chi connectivity index (χ3v) is 5.15. The van der Waals surface area contributed by atoms with Crippen molar-refractivity contribution in [2.75, 3.05) is 25.9 Å². The van der Waals surface area contributed by atoms with E-state index in [0.717, 1.165) is 39.6 Å². The first kappa shape index (κ1) is 19.6. The van der Waals surface area contributed by atoms with Gasteiger partial charge in [0, 0.05) is 54.2 Å². The number of carbonyl (C=O) groups is 1. The van der Waals surface area contributed by atoms with E-state index in [4.69, 9.17) is 10.8 Å². The Morgan fingerprint density at radius 1 is 1.10 bits per heavy atom. The predicted octanol–water partition coefficient (Wildman–Crippen LogP) is 2.86. The Kier molecular flexibility index (Phi) is 5.45. The molecule has 0 saturated carbocycles. The minimum Gasteiger partial charge on any atom is -0.395 e. The highest BCUT2D eigenvalue weighted by molar-refractivity contribution is 5.98. The summed E-state index contributed by atoms with van der Waals surface area (Å²) < 4.78 is 0. The maximum atomic E-state index is 12.5. The first-order chi connectivity index (χ1) is 14.5. The number of rotatable bonds is 6. The van der Waals surface area contributed by atoms with Crippen LogP contribution in [-0.4, -0.2) is 51.1 Å². The number of hydrogen-bond acceptors (Lipinski definition) is 5. The van der Waals surface area contributed by atoms with Gasteiger partial charge in [0.05, 0.1) is 6.61 Å². The highest BCUT2D eigenvalue weighted by Gasteiger charge is 2.13. The zero-order valence-corrected chi connectivity index (χ0v) is 16.7. The number of anilines is 1. The monoisotopic (exact) mass is 401 g/mol. The fourth-order valence-electron chi connectivity index (χ4n) is 3.45. The average molecular weight is 401 g/mol. The summed E-state index contributed by atoms with van der Waals surface area (Å²) in [5.74, 6) is 0.156. The van der Waals surface area contributed by atoms with Gasteiger partial charge in [-0.15, -0.1) is 0 Å². The van der Waals surface area contributed by atoms with Gasteiger partial charge in [0.2, 0.25) is 5.95 Å². The minimum atomic E-state index is -0.104. The van der Waals surface area contributed by atoms with Crippen LogP contribution in [0.25, 0.3) is 22.0 Å². The number of aromatic amines is 1. The van der Waals surface area contributed by atoms with Gasteiger partial charge in [0.1, 0.15) is 0 Å². The lowest BCUT2D eigenvalue weighted by atomic mass is 10.0. The molecule has 0 bridgehead atoms. The van der Waals surface area contributed by atoms with Crippen molar-refractivity contribution in [1.29, 1.82) is 0 Å². The van der Waals surface area contributed by atoms with Crippen LogP contribution in [0.5, 0.6) is 0 Å². The molecule has 0 radical (unpaired) electrons. The largest absolute Gasteiger partial charge is 0.395 e. The van der Waals surface area contributed by atoms with E-state index in [2.05, 4.69) is 27.1 Å². The number of nitrogens with two attached hydrogens (primary N) is 1. The van der Waals surface area contributed by atoms with Crippen molar-refractivity contribution in [3.8, 4) is 11.1 Å². The topological polar surface area (TPSA) is 108 Å². The summed E-state index contributed by atoms with van der Waals surface area (Å²) in [6.07, 6.45) is 6.15. The van der Waals surface area contributed by atoms with E-state index in [1.807, 2.05) is 36.5 Å². The van der Waals surface area contributed by atoms with E-state index in [0.29, 0.717) is 12.1 Å². The summed E-state index contributed by atoms with van der Waals surface area (Å²) in [5, 5.41) is 10.1. The fourth-order valence-corrected chi connectivity index (χ4v) is 3.45. The van der Waals surface area contributed by atoms with Crippen molar-refractivity contribution in [3.05, 3.63) is 77.7 Å². The van der Waals surface area contributed by atoms with Gasteiger partial charge in [-0.05, 0) is 41.3 Å². The Bertz CT molecular complexity index is 1170. The van der Waals surface area contributed by atoms with E-state index in [-0.39, 0.29) is 18.5 Å². The molecule has 4 aromatic rings. The Morgan fingerprint density at radius 2 is 1.83 bits per heavy atom. The number of nitrogens with zero attached hydrogens (tertiary/aromatic N) is 3. The summed E-state index contributed by atoms with van der Waals surface area (Å²) in [6, 6.07) is 13.9. The number of nitrogens with one attached hydrogen (secondary N) is 1. The lowest BCUT2D eigenvalue weighted by molar-refractivity contribution is 0.0767. The van der Waals surface area contributed by atoms with Crippen LogP contribution in [0, 0.1) is 0 Å². The second-order valence-electron chi connectivity index (χ2n) is 7.23. The number of fused-ring (bicyclic) bond motifs is 1. The molecule has 2 aromatic carbocycles. The first-order valence-electron chi connectivity index (χ1n) is 9.68. The molecule has 0 unspecified atom stereocenters. The molecule has 0 saturated heterocycles. The number of aromatic nitrogens is 3. The molecular weight excluding hydrogens is 378 g/mol. The molecule has 30 heavy (non-hydrogen) atoms. The highest BCUT2D eigenvalue weighted by Crippen LogP contribution is 2.25. The van der Waals surface area contributed by atoms with E-state index in [9.17, 15) is 4.79 Å². The first-order valence-corrected chi connectivity index (χ1v) is 9.68. The van der Waals surface area contributed by atoms with Crippen LogP contribution in [0.2, 0.25) is 0 Å². The number of amides is 1. The Labute approximate surface area is 174 Å². The summed E-state index contributed by atoms with van der Waals surface area (Å²) in [6.45, 7) is 0.251. The standard InChI is InChI=1S/C23H23N5O2/c1-28(8-9-29)22(30)17-6-7-21-20(11-17)18(12-25-21)10-15-2-4-16(5-3-15)19-13-26-23(24)27-14-19/h2-7,11-14,25,29H,8-10H2,1H3,(H2,24,26,27). The lowest BCUT2D eigenvalue weighted by Crippen LogP contribution is -2.29. The fraction of sp³-hybridized carbons (Fsp3) is 0.174. The third kappa shape index (κ3) is 4.01. The molecule has 152 valence electrons. The third-order valence-electron chi connectivity index (χ3n) is 5.15. The number of aliphatic hydroxyl groups excluding tert-OH is 1. The van der Waals surface area contributed by atoms with Gasteiger partial charge in [-0.25, -0.2) is 9.97 Å². The van der Waals surface area contributed by atoms with Crippen molar-refractivity contribution < 1.29 is 9.90 Å². The van der Waals surface area contributed by atoms with Crippen molar-refractivity contribution in [2.24, 2.45) is 0 Å². The number of aliphatic hydroxyl groups is 1. The minimum absolute atomic E-state index is 0.0572. The van der Waals surface area contributed by atoms with Gasteiger partial charge >= 0.3 is 0 Å². The molecule has 0 fully saturated rings. The second kappa shape index (κ2) is 8.34. The van der Waals surface area contributed by atoms with Crippen molar-refractivity contribution in [1.82, 2.24) is 19.9 Å². The van der Waals surface area contributed by atoms with Gasteiger partial charge in [0.15, 0.2) is 0 Å². The van der Waals surface area contributed by atoms with E-state index < -0.39 is 0 Å². The molecule has 2 aromatic heterocycles. The molecule has 0 atom stereocenters. The van der Waals surface area contributed by atoms with Crippen LogP contribution in [0.1, 0.15) is 21.5 Å². The number of nitrogen functional groups attached to an aromatic ring is 1. The summed E-state index contributed by atoms with van der Waals surface area (Å²) in [7, 11) is 1.69. The SMILES string of the molecule is CN(CCO)C(=O)c1ccc2[nH]cc(Cc3ccc(-c4cnc(N)nc4)cc3)c2c1. The molecule has 2 heterocycles. The van der Waals surface area contributed by atoms with Crippen LogP contribution in [0.15, 0.2) is 61.1 Å². The number of H-pyrrole nitrogens is 1. The molecule has 4 rings (SSSR count). The average Bonchev–Trinajstić information content (AvgIpc) is 3.16. The Balaban J connectivity index is 1.57. The smallest absolute Gasteiger partial charge is 0.253 e. The van der Waals surface area contributed by atoms with Crippen molar-refractivity contribution >= 4 is 22.8 Å². The highest BCUT2D eigenvalue weighted by atomic mass is 16.3. The van der Waals surface area contributed by atoms with Gasteiger partial charge in [-0.3, -0.25) is 4.79 Å². The Hall–Kier alpha value is -3.71. The van der Waals surface area contributed by atoms with Crippen LogP contribution in [0.4, 0.5) is 5.95 Å². The number of carbonyl (C=O) groups excluding carboxylic acids is 1. The van der Waals surface area contributed by atoms with Crippen LogP contribution in [0.3, 0.4) is 0 Å². The lowest BCUT2D eigenvalue weighted by Gasteiger charge is -2.15. The molecule has 0 aliphatic heterocycles. The molecule has 4 N–H and O–H groups in total. The van der Waals surface area contributed by atoms with Crippen LogP contribution < -0.4 is 5.73 Å². The zero-order valence-electron chi connectivity index (χ0n) is 16.7. The molecule has 1 amide bonds. The molecule has 0 aliphatic rings. The zero-order chi connectivity index (χ0) is 21.1. The number of likely N-dealkylation sites (N-methyl/N-ethyl adjacent to an activating group) is 1. The second-order valence-corrected chi connectivity index (χ2v) is 7.23. The predicted molar refractivity (Wildman–Crippen MR) is 117 cm³/mol. The van der Waals surface area contributed by atoms with Crippen molar-refractivity contribution in [3.63, 3.8) is 0 Å². The van der Waals surface area contributed by atoms with Gasteiger partial charge in [0.25, 0.3) is 5.91 Å². The van der Waals surface area contributed by atoms with Crippen molar-refractivity contribution in [2.45, 2.75) is 6.42 Å². The van der Waals surface area contributed by atoms with Crippen LogP contribution in [-0.2, 0) is 6.42 Å². The summed E-state index contributed by atoms with van der Waals surface area (Å²) in [5.41, 5.74) is 11.4. The molecule has 7 heteroatoms. The maximum absolute atomic E-state index is 12.5. The van der Waals surface area contributed by atoms with Gasteiger partial charge < -0.3 is 20.7 Å². The molecule has 0 aliphatic carbocycles. The van der Waals surface area contributed by atoms with E-state index in [1.165, 1.54) is 4.90 Å². The van der Waals surface area contributed by atoms with Gasteiger partial charge in [-0.2, -0.15) is 0 Å². The van der Waals surface area contributed by atoms with Crippen LogP contribution >= 0.6 is 0 Å². The Morgan fingerprint density at radius 3 is 2.53 bits per heavy atom. The van der Waals surface area contributed by atoms with Gasteiger partial charge in [-0.1, -0.05) is 24.3 Å². The summed E-state index contributed by atoms with van der Waals surface area (Å²) in [4.78, 5) is 25.4. The quantitative estimate of drug-likeness (QED) is 0.460. The summed E-state index contributed by atoms with van der Waals surface area (Å²) >= 11 is 0.